The molecule has 0 saturated heterocycles. The summed E-state index contributed by atoms with van der Waals surface area (Å²) in [7, 11) is 8.22. The first-order valence-corrected chi connectivity index (χ1v) is 13.6. The lowest BCUT2D eigenvalue weighted by Crippen LogP contribution is -2.43. The van der Waals surface area contributed by atoms with E-state index in [1.807, 2.05) is 0 Å². The van der Waals surface area contributed by atoms with Crippen molar-refractivity contribution < 1.29 is 4.48 Å². The summed E-state index contributed by atoms with van der Waals surface area (Å²) < 4.78 is 1.05. The van der Waals surface area contributed by atoms with E-state index in [9.17, 15) is 0 Å². The van der Waals surface area contributed by atoms with Crippen LogP contribution in [0.3, 0.4) is 0 Å². The highest BCUT2D eigenvalue weighted by Gasteiger charge is 2.14. The van der Waals surface area contributed by atoms with Crippen molar-refractivity contribution in [1.29, 1.82) is 0 Å². The summed E-state index contributed by atoms with van der Waals surface area (Å²) in [5.41, 5.74) is 1.43. The van der Waals surface area contributed by atoms with Gasteiger partial charge in [-0.05, 0) is 13.0 Å². The molecule has 3 heteroatoms. The molecule has 1 aromatic carbocycles. The van der Waals surface area contributed by atoms with Gasteiger partial charge in [0.2, 0.25) is 0 Å². The van der Waals surface area contributed by atoms with Crippen LogP contribution in [0.5, 0.6) is 0 Å². The van der Waals surface area contributed by atoms with E-state index in [0.717, 1.165) is 17.6 Å². The van der Waals surface area contributed by atoms with Gasteiger partial charge in [-0.2, -0.15) is 0 Å². The van der Waals surface area contributed by atoms with Gasteiger partial charge in [0.25, 0.3) is 0 Å². The van der Waals surface area contributed by atoms with Gasteiger partial charge < -0.3 is 9.80 Å². The van der Waals surface area contributed by atoms with Crippen LogP contribution in [-0.4, -0.2) is 48.5 Å². The summed E-state index contributed by atoms with van der Waals surface area (Å²) in [5, 5.41) is 3.66. The number of hydrogen-bond acceptors (Lipinski definition) is 1. The molecule has 0 unspecified atom stereocenters. The van der Waals surface area contributed by atoms with Gasteiger partial charge in [-0.15, -0.1) is 0 Å². The van der Waals surface area contributed by atoms with Gasteiger partial charge in [0.15, 0.2) is 0 Å². The molecule has 2 nitrogen and oxygen atoms in total. The van der Waals surface area contributed by atoms with E-state index in [-0.39, 0.29) is 0 Å². The quantitative estimate of drug-likeness (QED) is 0.127. The molecule has 0 aromatic heterocycles. The van der Waals surface area contributed by atoms with Gasteiger partial charge >= 0.3 is 0 Å². The molecule has 0 bridgehead atoms. The third-order valence-electron chi connectivity index (χ3n) is 6.13. The first-order chi connectivity index (χ1) is 14.6. The normalized spacial score (nSPS) is 11.8. The van der Waals surface area contributed by atoms with Gasteiger partial charge in [-0.3, -0.25) is 0 Å². The topological polar surface area (TPSA) is 12.0 Å². The number of quaternary nitrogens is 1. The molecule has 0 aliphatic carbocycles. The summed E-state index contributed by atoms with van der Waals surface area (Å²) in [6.07, 6.45) is 20.0. The highest BCUT2D eigenvalue weighted by atomic mass is 28.1. The van der Waals surface area contributed by atoms with Crippen LogP contribution < -0.4 is 5.32 Å². The largest absolute Gasteiger partial charge is 0.324 e. The maximum absolute atomic E-state index is 3.66. The molecule has 3 radical (unpaired) electrons. The zero-order valence-corrected chi connectivity index (χ0v) is 21.3. The Hall–Kier alpha value is -0.643. The highest BCUT2D eigenvalue weighted by Crippen LogP contribution is 2.13. The van der Waals surface area contributed by atoms with Gasteiger partial charge in [-0.25, -0.2) is 0 Å². The van der Waals surface area contributed by atoms with Crippen LogP contribution in [0.2, 0.25) is 6.04 Å². The average Bonchev–Trinajstić information content (AvgIpc) is 2.73. The van der Waals surface area contributed by atoms with Crippen molar-refractivity contribution in [3.8, 4) is 0 Å². The van der Waals surface area contributed by atoms with E-state index in [1.165, 1.54) is 115 Å². The second-order valence-corrected chi connectivity index (χ2v) is 10.3. The number of likely N-dealkylation sites (N-methyl/N-ethyl adjacent to an activating group) is 1. The maximum Gasteiger partial charge on any atom is 0.104 e. The van der Waals surface area contributed by atoms with Gasteiger partial charge in [-0.1, -0.05) is 120 Å². The van der Waals surface area contributed by atoms with Crippen LogP contribution in [0, 0.1) is 0 Å². The molecular weight excluding hydrogens is 380 g/mol. The van der Waals surface area contributed by atoms with E-state index >= 15 is 0 Å². The van der Waals surface area contributed by atoms with Crippen LogP contribution in [-0.2, 0) is 6.54 Å². The van der Waals surface area contributed by atoms with Gasteiger partial charge in [0, 0.05) is 22.4 Å². The van der Waals surface area contributed by atoms with Gasteiger partial charge in [0.1, 0.15) is 6.54 Å². The van der Waals surface area contributed by atoms with E-state index in [4.69, 9.17) is 0 Å². The molecule has 0 aliphatic rings. The Labute approximate surface area is 192 Å². The summed E-state index contributed by atoms with van der Waals surface area (Å²) in [4.78, 5) is 0. The molecular formula is C27H50N2Si+. The van der Waals surface area contributed by atoms with Crippen LogP contribution >= 0.6 is 0 Å². The van der Waals surface area contributed by atoms with Gasteiger partial charge in [0.05, 0.1) is 20.6 Å². The average molecular weight is 431 g/mol. The monoisotopic (exact) mass is 430 g/mol. The molecule has 0 saturated carbocycles. The van der Waals surface area contributed by atoms with E-state index < -0.39 is 0 Å². The van der Waals surface area contributed by atoms with Crippen molar-refractivity contribution in [2.24, 2.45) is 0 Å². The van der Waals surface area contributed by atoms with E-state index in [1.54, 1.807) is 0 Å². The minimum absolute atomic E-state index is 1.05. The smallest absolute Gasteiger partial charge is 0.104 e. The Bertz CT molecular complexity index is 475. The number of nitrogens with zero attached hydrogens (tertiary/aromatic N) is 1. The summed E-state index contributed by atoms with van der Waals surface area (Å²) in [6.45, 7) is 4.60. The third-order valence-corrected chi connectivity index (χ3v) is 6.48. The molecule has 0 fully saturated rings. The predicted molar refractivity (Wildman–Crippen MR) is 135 cm³/mol. The van der Waals surface area contributed by atoms with Crippen molar-refractivity contribution in [2.45, 2.75) is 102 Å². The lowest BCUT2D eigenvalue weighted by molar-refractivity contribution is -0.902. The molecule has 0 spiro atoms. The fourth-order valence-corrected chi connectivity index (χ4v) is 4.41. The minimum atomic E-state index is 1.05. The van der Waals surface area contributed by atoms with Crippen molar-refractivity contribution >= 4 is 10.2 Å². The fourth-order valence-electron chi connectivity index (χ4n) is 4.16. The molecule has 1 N–H and O–H groups in total. The predicted octanol–water partition coefficient (Wildman–Crippen LogP) is 6.90. The van der Waals surface area contributed by atoms with Crippen LogP contribution in [0.15, 0.2) is 30.3 Å². The second kappa shape index (κ2) is 19.1. The first kappa shape index (κ1) is 27.4. The molecule has 171 valence electrons. The first-order valence-electron chi connectivity index (χ1n) is 12.9. The molecule has 1 aromatic rings. The summed E-state index contributed by atoms with van der Waals surface area (Å²) >= 11 is 0. The number of nitrogens with one attached hydrogen (secondary N) is 1. The standard InChI is InChI=1S/C27H50N2Si/c1-29(2,26-27-20-16-15-17-21-27)24-23-28-22-18-13-11-9-7-5-3-4-6-8-10-12-14-19-25-30/h15-17,20-21,28H,3-14,18-19,22-26H2,1-2H3/q+1. The molecule has 0 aliphatic heterocycles. The van der Waals surface area contributed by atoms with Crippen molar-refractivity contribution in [2.75, 3.05) is 33.7 Å². The number of hydrogen-bond donors (Lipinski definition) is 1. The molecule has 0 atom stereocenters. The number of rotatable bonds is 21. The van der Waals surface area contributed by atoms with Crippen molar-refractivity contribution in [3.63, 3.8) is 0 Å². The molecule has 0 heterocycles. The van der Waals surface area contributed by atoms with Crippen LogP contribution in [0.25, 0.3) is 0 Å². The lowest BCUT2D eigenvalue weighted by atomic mass is 10.0. The minimum Gasteiger partial charge on any atom is -0.324 e. The fraction of sp³-hybridized carbons (Fsp3) is 0.778. The summed E-state index contributed by atoms with van der Waals surface area (Å²) in [5.74, 6) is 0. The third kappa shape index (κ3) is 17.1. The van der Waals surface area contributed by atoms with Crippen LogP contribution in [0.4, 0.5) is 0 Å². The van der Waals surface area contributed by atoms with E-state index in [2.05, 4.69) is 60.0 Å². The number of unbranched alkanes of at least 4 members (excludes halogenated alkanes) is 13. The van der Waals surface area contributed by atoms with Crippen LogP contribution in [0.1, 0.15) is 95.5 Å². The lowest BCUT2D eigenvalue weighted by Gasteiger charge is -2.30. The number of benzene rings is 1. The molecule has 1 rings (SSSR count). The van der Waals surface area contributed by atoms with E-state index in [0.29, 0.717) is 0 Å². The zero-order chi connectivity index (χ0) is 21.8. The second-order valence-electron chi connectivity index (χ2n) is 9.75. The highest BCUT2D eigenvalue weighted by molar-refractivity contribution is 6.08. The zero-order valence-electron chi connectivity index (χ0n) is 20.3. The Balaban J connectivity index is 1.79. The molecule has 30 heavy (non-hydrogen) atoms. The Morgan fingerprint density at radius 1 is 0.633 bits per heavy atom. The SMILES string of the molecule is C[N+](C)(CCNCCCCCCCCCCCCCCCC[Si])Cc1ccccc1. The Morgan fingerprint density at radius 3 is 1.60 bits per heavy atom. The Kier molecular flexibility index (Phi) is 17.4. The van der Waals surface area contributed by atoms with Crippen molar-refractivity contribution in [3.05, 3.63) is 35.9 Å². The molecule has 0 amide bonds. The maximum atomic E-state index is 3.66. The Morgan fingerprint density at radius 2 is 1.10 bits per heavy atom. The van der Waals surface area contributed by atoms with Crippen molar-refractivity contribution in [1.82, 2.24) is 5.32 Å². The summed E-state index contributed by atoms with van der Waals surface area (Å²) in [6, 6.07) is 12.0.